The SMILES string of the molecule is C=C(C)CO/N=C(\C)c1cc(C(=O)N[C@@H](Cc2cc(F)cc(F)c2)[C@H](O)CNCc2cccc(OC)c2)cc(N(C)S(C)(=O)=O)c1.COc1cccc(CN(C[C@@H](O)[C@H](Cc2cc(F)cc(F)c2)NC(=O)c2cc(C(C)=O)cc(N(C)S(C)(=O)=O)c2)C(=O)OC(C)(C)C)c1. The van der Waals surface area contributed by atoms with Crippen molar-refractivity contribution < 1.29 is 82.8 Å². The Bertz CT molecular complexity index is 3910. The lowest BCUT2D eigenvalue weighted by atomic mass is 9.99. The summed E-state index contributed by atoms with van der Waals surface area (Å²) in [6.45, 7) is 13.6. The Hall–Kier alpha value is -8.89. The number of ketones is 1. The minimum Gasteiger partial charge on any atom is -0.497 e. The number of sulfonamides is 2. The van der Waals surface area contributed by atoms with Gasteiger partial charge < -0.3 is 50.1 Å². The molecule has 94 heavy (non-hydrogen) atoms. The molecule has 0 unspecified atom stereocenters. The van der Waals surface area contributed by atoms with E-state index in [0.29, 0.717) is 40.9 Å². The first-order valence-corrected chi connectivity index (χ1v) is 32.9. The standard InChI is InChI=1S/C34H41F2N3O8S.C33H40F2N4O6S/c1-21(40)24-15-25(17-28(16-24)38(5)48(7,44)45)32(42)37-30(14-23-11-26(35)18-27(36)12-23)31(41)20-39(33(43)47-34(2,3)4)19-22-9-8-10-29(13-22)46-6;1-21(2)20-45-38-22(3)25-14-26(16-29(15-25)39(4)46(6,42)43)33(41)37-31(13-24-10-27(34)17-28(35)11-24)32(40)19-36-18-23-8-7-9-30(12-23)44-5/h8-13,15-18,30-31,41H,14,19-20H2,1-7H3,(H,37,42);7-12,14-17,31-32,36,40H,1,13,18-20H2,2-6H3,(H,37,41)/b;38-22+/t30-,31+;31-,32+/m00/s1. The number of ether oxygens (including phenoxy) is 3. The molecule has 0 bridgehead atoms. The highest BCUT2D eigenvalue weighted by Crippen LogP contribution is 2.26. The minimum atomic E-state index is -3.77. The number of carbonyl (C=O) groups is 4. The van der Waals surface area contributed by atoms with Crippen molar-refractivity contribution in [3.63, 3.8) is 0 Å². The van der Waals surface area contributed by atoms with Crippen LogP contribution in [0.5, 0.6) is 11.5 Å². The van der Waals surface area contributed by atoms with Crippen LogP contribution in [0.2, 0.25) is 0 Å². The van der Waals surface area contributed by atoms with Crippen molar-refractivity contribution in [3.05, 3.63) is 201 Å². The Kier molecular flexibility index (Phi) is 27.3. The zero-order chi connectivity index (χ0) is 70.0. The first kappa shape index (κ1) is 75.8. The second kappa shape index (κ2) is 33.8. The molecule has 21 nitrogen and oxygen atoms in total. The highest BCUT2D eigenvalue weighted by Gasteiger charge is 2.31. The summed E-state index contributed by atoms with van der Waals surface area (Å²) in [6.07, 6.45) is -1.87. The molecule has 6 rings (SSSR count). The molecule has 0 aromatic heterocycles. The lowest BCUT2D eigenvalue weighted by Crippen LogP contribution is -2.51. The van der Waals surface area contributed by atoms with Crippen LogP contribution in [0, 0.1) is 23.3 Å². The van der Waals surface area contributed by atoms with Gasteiger partial charge in [-0.3, -0.25) is 23.0 Å². The molecular weight excluding hydrogens is 1270 g/mol. The van der Waals surface area contributed by atoms with E-state index >= 15 is 0 Å². The van der Waals surface area contributed by atoms with Gasteiger partial charge in [0.1, 0.15) is 47.0 Å². The monoisotopic (exact) mass is 1350 g/mol. The molecule has 0 aliphatic carbocycles. The number of Topliss-reactive ketones (excluding diaryl/α,β-unsaturated/α-hetero) is 1. The molecule has 0 radical (unpaired) electrons. The molecule has 6 aromatic carbocycles. The van der Waals surface area contributed by atoms with Crippen LogP contribution < -0.4 is 34.0 Å². The van der Waals surface area contributed by atoms with Gasteiger partial charge in [-0.05, 0) is 167 Å². The molecular formula is C67H81F4N7O14S2. The minimum absolute atomic E-state index is 0.0217. The van der Waals surface area contributed by atoms with Gasteiger partial charge in [0, 0.05) is 68.1 Å². The maximum absolute atomic E-state index is 14.2. The Morgan fingerprint density at radius 1 is 0.606 bits per heavy atom. The number of halogens is 4. The summed E-state index contributed by atoms with van der Waals surface area (Å²) in [7, 11) is -1.81. The summed E-state index contributed by atoms with van der Waals surface area (Å²) >= 11 is 0. The van der Waals surface area contributed by atoms with E-state index in [1.165, 1.54) is 63.4 Å². The third kappa shape index (κ3) is 24.2. The van der Waals surface area contributed by atoms with E-state index in [-0.39, 0.29) is 78.3 Å². The first-order chi connectivity index (χ1) is 43.9. The van der Waals surface area contributed by atoms with Gasteiger partial charge in [-0.25, -0.2) is 39.2 Å². The van der Waals surface area contributed by atoms with Gasteiger partial charge in [-0.1, -0.05) is 36.0 Å². The average Bonchev–Trinajstić information content (AvgIpc) is 0.820. The number of methoxy groups -OCH3 is 2. The number of hydrogen-bond acceptors (Lipinski definition) is 16. The molecule has 508 valence electrons. The normalized spacial score (nSPS) is 13.0. The van der Waals surface area contributed by atoms with Gasteiger partial charge in [0.15, 0.2) is 5.78 Å². The van der Waals surface area contributed by atoms with E-state index in [9.17, 15) is 63.8 Å². The van der Waals surface area contributed by atoms with Gasteiger partial charge in [-0.2, -0.15) is 0 Å². The number of aliphatic hydroxyl groups is 2. The largest absolute Gasteiger partial charge is 0.497 e. The molecule has 27 heteroatoms. The maximum Gasteiger partial charge on any atom is 0.410 e. The lowest BCUT2D eigenvalue weighted by molar-refractivity contribution is 0.00834. The van der Waals surface area contributed by atoms with Crippen LogP contribution in [-0.2, 0) is 55.6 Å². The number of aliphatic hydroxyl groups excluding tert-OH is 2. The molecule has 0 saturated heterocycles. The summed E-state index contributed by atoms with van der Waals surface area (Å²) < 4.78 is 124. The highest BCUT2D eigenvalue weighted by atomic mass is 32.2. The second-order valence-electron chi connectivity index (χ2n) is 23.4. The van der Waals surface area contributed by atoms with Crippen LogP contribution in [0.3, 0.4) is 0 Å². The van der Waals surface area contributed by atoms with Crippen molar-refractivity contribution in [2.24, 2.45) is 5.16 Å². The third-order valence-corrected chi connectivity index (χ3v) is 16.5. The number of nitrogens with one attached hydrogen (secondary N) is 3. The third-order valence-electron chi connectivity index (χ3n) is 14.1. The molecule has 3 amide bonds. The Labute approximate surface area is 546 Å². The summed E-state index contributed by atoms with van der Waals surface area (Å²) in [6, 6.07) is 26.0. The molecule has 0 saturated carbocycles. The number of benzene rings is 6. The molecule has 0 fully saturated rings. The molecule has 0 aliphatic heterocycles. The first-order valence-electron chi connectivity index (χ1n) is 29.2. The fraction of sp³-hybridized carbons (Fsp3) is 0.358. The van der Waals surface area contributed by atoms with E-state index in [1.54, 1.807) is 78.1 Å². The molecule has 4 atom stereocenters. The van der Waals surface area contributed by atoms with E-state index in [0.717, 1.165) is 62.6 Å². The maximum atomic E-state index is 14.2. The van der Waals surface area contributed by atoms with E-state index in [1.807, 2.05) is 18.2 Å². The second-order valence-corrected chi connectivity index (χ2v) is 27.4. The summed E-state index contributed by atoms with van der Waals surface area (Å²) in [5.74, 6) is -4.06. The number of hydrogen-bond donors (Lipinski definition) is 5. The Morgan fingerprint density at radius 3 is 1.49 bits per heavy atom. The summed E-state index contributed by atoms with van der Waals surface area (Å²) in [5.41, 5.74) is 2.69. The number of amides is 3. The van der Waals surface area contributed by atoms with Crippen molar-refractivity contribution >= 4 is 60.8 Å². The van der Waals surface area contributed by atoms with Crippen molar-refractivity contribution in [2.75, 3.05) is 69.1 Å². The van der Waals surface area contributed by atoms with Crippen molar-refractivity contribution in [3.8, 4) is 11.5 Å². The Morgan fingerprint density at radius 2 is 1.04 bits per heavy atom. The number of anilines is 2. The fourth-order valence-corrected chi connectivity index (χ4v) is 10.1. The van der Waals surface area contributed by atoms with E-state index in [4.69, 9.17) is 19.0 Å². The smallest absolute Gasteiger partial charge is 0.410 e. The van der Waals surface area contributed by atoms with Crippen molar-refractivity contribution in [1.29, 1.82) is 0 Å². The van der Waals surface area contributed by atoms with Gasteiger partial charge >= 0.3 is 6.09 Å². The number of rotatable bonds is 29. The van der Waals surface area contributed by atoms with E-state index in [2.05, 4.69) is 27.7 Å². The molecule has 6 aromatic rings. The summed E-state index contributed by atoms with van der Waals surface area (Å²) in [5, 5.41) is 35.4. The molecule has 5 N–H and O–H groups in total. The van der Waals surface area contributed by atoms with Crippen molar-refractivity contribution in [2.45, 2.75) is 97.4 Å². The van der Waals surface area contributed by atoms with Crippen LogP contribution in [0.1, 0.15) is 100 Å². The van der Waals surface area contributed by atoms with Crippen LogP contribution in [-0.4, -0.2) is 152 Å². The lowest BCUT2D eigenvalue weighted by Gasteiger charge is -2.32. The van der Waals surface area contributed by atoms with Gasteiger partial charge in [0.2, 0.25) is 20.0 Å². The average molecular weight is 1350 g/mol. The zero-order valence-corrected chi connectivity index (χ0v) is 56.1. The van der Waals surface area contributed by atoms with Gasteiger partial charge in [-0.15, -0.1) is 0 Å². The zero-order valence-electron chi connectivity index (χ0n) is 54.4. The van der Waals surface area contributed by atoms with Crippen molar-refractivity contribution in [1.82, 2.24) is 20.9 Å². The predicted molar refractivity (Wildman–Crippen MR) is 351 cm³/mol. The van der Waals surface area contributed by atoms with Crippen LogP contribution in [0.25, 0.3) is 0 Å². The van der Waals surface area contributed by atoms with Gasteiger partial charge in [0.05, 0.1) is 74.7 Å². The number of carbonyl (C=O) groups excluding carboxylic acids is 4. The van der Waals surface area contributed by atoms with Crippen LogP contribution >= 0.6 is 0 Å². The van der Waals surface area contributed by atoms with Crippen LogP contribution in [0.4, 0.5) is 33.7 Å². The fourth-order valence-electron chi connectivity index (χ4n) is 9.13. The van der Waals surface area contributed by atoms with E-state index < -0.39 is 96.9 Å². The highest BCUT2D eigenvalue weighted by molar-refractivity contribution is 7.92. The molecule has 0 heterocycles. The van der Waals surface area contributed by atoms with Gasteiger partial charge in [0.25, 0.3) is 11.8 Å². The predicted octanol–water partition coefficient (Wildman–Crippen LogP) is 8.89. The quantitative estimate of drug-likeness (QED) is 0.00964. The Balaban J connectivity index is 0.000000341. The number of oxime groups is 1. The molecule has 0 aliphatic rings. The molecule has 0 spiro atoms. The topological polar surface area (TPSA) is 272 Å². The van der Waals surface area contributed by atoms with Crippen LogP contribution in [0.15, 0.2) is 139 Å². The summed E-state index contributed by atoms with van der Waals surface area (Å²) in [4.78, 5) is 59.5. The number of nitrogens with zero attached hydrogens (tertiary/aromatic N) is 4.